The standard InChI is InChI=1S/C10H18N2/c1-8-4-5-9-3-2-6-12(11)10(9)7-8/h4,9-10H,2-3,5-7,11H2,1H3. The zero-order valence-corrected chi connectivity index (χ0v) is 7.79. The van der Waals surface area contributed by atoms with Crippen molar-refractivity contribution in [2.45, 2.75) is 38.6 Å². The van der Waals surface area contributed by atoms with Crippen molar-refractivity contribution in [3.8, 4) is 0 Å². The molecule has 2 heteroatoms. The van der Waals surface area contributed by atoms with E-state index in [0.29, 0.717) is 6.04 Å². The molecule has 1 aliphatic heterocycles. The van der Waals surface area contributed by atoms with Crippen molar-refractivity contribution in [2.24, 2.45) is 11.8 Å². The van der Waals surface area contributed by atoms with Crippen LogP contribution in [0.15, 0.2) is 11.6 Å². The third kappa shape index (κ3) is 1.41. The second-order valence-electron chi connectivity index (χ2n) is 4.20. The molecule has 0 aromatic heterocycles. The van der Waals surface area contributed by atoms with E-state index in [9.17, 15) is 0 Å². The van der Waals surface area contributed by atoms with Gasteiger partial charge in [-0.25, -0.2) is 5.01 Å². The first-order valence-corrected chi connectivity index (χ1v) is 4.94. The van der Waals surface area contributed by atoms with Crippen molar-refractivity contribution in [3.05, 3.63) is 11.6 Å². The molecule has 1 heterocycles. The Bertz CT molecular complexity index is 198. The number of hydrogen-bond acceptors (Lipinski definition) is 2. The minimum atomic E-state index is 0.642. The van der Waals surface area contributed by atoms with Crippen molar-refractivity contribution in [1.82, 2.24) is 5.01 Å². The summed E-state index contributed by atoms with van der Waals surface area (Å²) in [6.45, 7) is 3.31. The van der Waals surface area contributed by atoms with E-state index in [-0.39, 0.29) is 0 Å². The summed E-state index contributed by atoms with van der Waals surface area (Å²) in [5.74, 6) is 6.80. The zero-order valence-electron chi connectivity index (χ0n) is 7.79. The van der Waals surface area contributed by atoms with Gasteiger partial charge < -0.3 is 0 Å². The predicted molar refractivity (Wildman–Crippen MR) is 50.4 cm³/mol. The molecule has 68 valence electrons. The fourth-order valence-electron chi connectivity index (χ4n) is 2.49. The van der Waals surface area contributed by atoms with Crippen LogP contribution in [0.25, 0.3) is 0 Å². The SMILES string of the molecule is CC1=CCC2CCCN(N)C2C1. The van der Waals surface area contributed by atoms with E-state index in [1.165, 1.54) is 31.3 Å². The summed E-state index contributed by atoms with van der Waals surface area (Å²) in [4.78, 5) is 0. The van der Waals surface area contributed by atoms with Crippen LogP contribution < -0.4 is 5.84 Å². The first kappa shape index (κ1) is 8.27. The summed E-state index contributed by atoms with van der Waals surface area (Å²) in [5.41, 5.74) is 1.52. The Hall–Kier alpha value is -0.340. The van der Waals surface area contributed by atoms with Gasteiger partial charge in [0.25, 0.3) is 0 Å². The van der Waals surface area contributed by atoms with Crippen LogP contribution in [-0.4, -0.2) is 17.6 Å². The molecule has 2 atom stereocenters. The van der Waals surface area contributed by atoms with Crippen LogP contribution in [0.1, 0.15) is 32.6 Å². The van der Waals surface area contributed by atoms with E-state index in [1.807, 2.05) is 0 Å². The number of allylic oxidation sites excluding steroid dienone is 1. The quantitative estimate of drug-likeness (QED) is 0.438. The highest BCUT2D eigenvalue weighted by atomic mass is 15.4. The van der Waals surface area contributed by atoms with Crippen LogP contribution in [0.2, 0.25) is 0 Å². The molecule has 0 bridgehead atoms. The molecule has 12 heavy (non-hydrogen) atoms. The number of rotatable bonds is 0. The van der Waals surface area contributed by atoms with Crippen molar-refractivity contribution in [2.75, 3.05) is 6.54 Å². The topological polar surface area (TPSA) is 29.3 Å². The molecule has 0 aromatic carbocycles. The maximum Gasteiger partial charge on any atom is 0.0309 e. The van der Waals surface area contributed by atoms with E-state index in [4.69, 9.17) is 5.84 Å². The molecule has 0 radical (unpaired) electrons. The Morgan fingerprint density at radius 3 is 3.25 bits per heavy atom. The van der Waals surface area contributed by atoms with Crippen LogP contribution in [0.3, 0.4) is 0 Å². The number of nitrogens with zero attached hydrogens (tertiary/aromatic N) is 1. The number of hydrazine groups is 1. The monoisotopic (exact) mass is 166 g/mol. The molecule has 0 saturated carbocycles. The Morgan fingerprint density at radius 1 is 1.58 bits per heavy atom. The van der Waals surface area contributed by atoms with Crippen LogP contribution >= 0.6 is 0 Å². The van der Waals surface area contributed by atoms with Crippen molar-refractivity contribution >= 4 is 0 Å². The highest BCUT2D eigenvalue weighted by Crippen LogP contribution is 2.32. The molecule has 1 saturated heterocycles. The molecule has 2 rings (SSSR count). The van der Waals surface area contributed by atoms with Gasteiger partial charge in [0.2, 0.25) is 0 Å². The second kappa shape index (κ2) is 3.19. The summed E-state index contributed by atoms with van der Waals surface area (Å²) >= 11 is 0. The first-order chi connectivity index (χ1) is 5.77. The Balaban J connectivity index is 2.09. The van der Waals surface area contributed by atoms with Gasteiger partial charge in [-0.05, 0) is 38.5 Å². The number of nitrogens with two attached hydrogens (primary N) is 1. The summed E-state index contributed by atoms with van der Waals surface area (Å²) in [6.07, 6.45) is 7.50. The Labute approximate surface area is 74.4 Å². The third-order valence-electron chi connectivity index (χ3n) is 3.26. The average Bonchev–Trinajstić information content (AvgIpc) is 2.07. The largest absolute Gasteiger partial charge is 0.269 e. The lowest BCUT2D eigenvalue weighted by atomic mass is 9.80. The van der Waals surface area contributed by atoms with Crippen LogP contribution in [-0.2, 0) is 0 Å². The van der Waals surface area contributed by atoms with Gasteiger partial charge in [0.15, 0.2) is 0 Å². The molecule has 0 spiro atoms. The van der Waals surface area contributed by atoms with E-state index >= 15 is 0 Å². The molecule has 2 unspecified atom stereocenters. The van der Waals surface area contributed by atoms with E-state index in [0.717, 1.165) is 12.5 Å². The van der Waals surface area contributed by atoms with E-state index in [1.54, 1.807) is 0 Å². The molecule has 1 aliphatic carbocycles. The molecule has 0 amide bonds. The molecular weight excluding hydrogens is 148 g/mol. The summed E-state index contributed by atoms with van der Waals surface area (Å²) < 4.78 is 0. The zero-order chi connectivity index (χ0) is 8.55. The summed E-state index contributed by atoms with van der Waals surface area (Å²) in [6, 6.07) is 0.642. The predicted octanol–water partition coefficient (Wildman–Crippen LogP) is 1.68. The van der Waals surface area contributed by atoms with Gasteiger partial charge in [0, 0.05) is 12.6 Å². The van der Waals surface area contributed by atoms with Crippen molar-refractivity contribution < 1.29 is 0 Å². The number of fused-ring (bicyclic) bond motifs is 1. The fraction of sp³-hybridized carbons (Fsp3) is 0.800. The first-order valence-electron chi connectivity index (χ1n) is 4.94. The van der Waals surface area contributed by atoms with Gasteiger partial charge in [-0.2, -0.15) is 0 Å². The minimum absolute atomic E-state index is 0.642. The highest BCUT2D eigenvalue weighted by molar-refractivity contribution is 5.08. The molecule has 2 nitrogen and oxygen atoms in total. The van der Waals surface area contributed by atoms with Crippen LogP contribution in [0, 0.1) is 5.92 Å². The summed E-state index contributed by atoms with van der Waals surface area (Å²) in [7, 11) is 0. The fourth-order valence-corrected chi connectivity index (χ4v) is 2.49. The van der Waals surface area contributed by atoms with Gasteiger partial charge in [-0.15, -0.1) is 0 Å². The van der Waals surface area contributed by atoms with Gasteiger partial charge in [0.05, 0.1) is 0 Å². The maximum atomic E-state index is 5.96. The van der Waals surface area contributed by atoms with Crippen LogP contribution in [0.4, 0.5) is 0 Å². The normalized spacial score (nSPS) is 37.3. The third-order valence-corrected chi connectivity index (χ3v) is 3.26. The maximum absolute atomic E-state index is 5.96. The van der Waals surface area contributed by atoms with E-state index in [2.05, 4.69) is 18.0 Å². The molecular formula is C10H18N2. The molecule has 2 aliphatic rings. The van der Waals surface area contributed by atoms with Crippen molar-refractivity contribution in [1.29, 1.82) is 0 Å². The lowest BCUT2D eigenvalue weighted by molar-refractivity contribution is 0.0885. The lowest BCUT2D eigenvalue weighted by Crippen LogP contribution is -2.50. The molecule has 1 fully saturated rings. The van der Waals surface area contributed by atoms with Gasteiger partial charge >= 0.3 is 0 Å². The van der Waals surface area contributed by atoms with Gasteiger partial charge in [-0.3, -0.25) is 5.84 Å². The van der Waals surface area contributed by atoms with E-state index < -0.39 is 0 Å². The van der Waals surface area contributed by atoms with Gasteiger partial charge in [0.1, 0.15) is 0 Å². The number of hydrogen-bond donors (Lipinski definition) is 1. The van der Waals surface area contributed by atoms with Crippen LogP contribution in [0.5, 0.6) is 0 Å². The number of piperidine rings is 1. The second-order valence-corrected chi connectivity index (χ2v) is 4.20. The summed E-state index contributed by atoms with van der Waals surface area (Å²) in [5, 5.41) is 2.06. The average molecular weight is 166 g/mol. The smallest absolute Gasteiger partial charge is 0.0309 e. The minimum Gasteiger partial charge on any atom is -0.269 e. The molecule has 2 N–H and O–H groups in total. The Kier molecular flexibility index (Phi) is 2.20. The highest BCUT2D eigenvalue weighted by Gasteiger charge is 2.31. The Morgan fingerprint density at radius 2 is 2.42 bits per heavy atom. The lowest BCUT2D eigenvalue weighted by Gasteiger charge is -2.40. The van der Waals surface area contributed by atoms with Crippen molar-refractivity contribution in [3.63, 3.8) is 0 Å². The molecule has 0 aromatic rings. The van der Waals surface area contributed by atoms with Gasteiger partial charge in [-0.1, -0.05) is 11.6 Å².